The molecule has 0 amide bonds. The average molecular weight is 321 g/mol. The molecule has 7 nitrogen and oxygen atoms in total. The van der Waals surface area contributed by atoms with E-state index in [4.69, 9.17) is 9.47 Å². The first kappa shape index (κ1) is 16.5. The van der Waals surface area contributed by atoms with Crippen molar-refractivity contribution >= 4 is 11.8 Å². The molecule has 8 heteroatoms. The van der Waals surface area contributed by atoms with Crippen LogP contribution in [0.3, 0.4) is 0 Å². The summed E-state index contributed by atoms with van der Waals surface area (Å²) in [5.41, 5.74) is 0.986. The first-order valence-electron chi connectivity index (χ1n) is 6.95. The van der Waals surface area contributed by atoms with Crippen LogP contribution in [0.5, 0.6) is 0 Å². The Balaban J connectivity index is 2.52. The highest BCUT2D eigenvalue weighted by Gasteiger charge is 2.24. The fourth-order valence-electron chi connectivity index (χ4n) is 2.09. The first-order chi connectivity index (χ1) is 10.7. The number of nitrogens with zero attached hydrogens (tertiary/aromatic N) is 5. The van der Waals surface area contributed by atoms with Gasteiger partial charge >= 0.3 is 0 Å². The van der Waals surface area contributed by atoms with Crippen molar-refractivity contribution in [1.29, 1.82) is 5.26 Å². The summed E-state index contributed by atoms with van der Waals surface area (Å²) in [7, 11) is 1.87. The molecule has 0 saturated heterocycles. The highest BCUT2D eigenvalue weighted by molar-refractivity contribution is 7.98. The summed E-state index contributed by atoms with van der Waals surface area (Å²) in [6, 6.07) is 4.05. The molecule has 0 aromatic carbocycles. The van der Waals surface area contributed by atoms with E-state index in [0.29, 0.717) is 30.3 Å². The minimum absolute atomic E-state index is 0.420. The van der Waals surface area contributed by atoms with Gasteiger partial charge in [-0.2, -0.15) is 15.5 Å². The van der Waals surface area contributed by atoms with Crippen LogP contribution in [-0.2, 0) is 16.5 Å². The van der Waals surface area contributed by atoms with Crippen molar-refractivity contribution in [2.24, 2.45) is 7.05 Å². The average Bonchev–Trinajstić information content (AvgIpc) is 3.09. The molecule has 2 aromatic rings. The Morgan fingerprint density at radius 3 is 2.55 bits per heavy atom. The van der Waals surface area contributed by atoms with Crippen LogP contribution in [0.2, 0.25) is 0 Å². The number of ether oxygens (including phenoxy) is 2. The molecule has 0 bridgehead atoms. The smallest absolute Gasteiger partial charge is 0.202 e. The Morgan fingerprint density at radius 1 is 1.36 bits per heavy atom. The minimum Gasteiger partial charge on any atom is -0.347 e. The lowest BCUT2D eigenvalue weighted by atomic mass is 10.2. The Kier molecular flexibility index (Phi) is 5.60. The van der Waals surface area contributed by atoms with Crippen LogP contribution >= 0.6 is 11.8 Å². The van der Waals surface area contributed by atoms with Crippen LogP contribution < -0.4 is 0 Å². The molecule has 2 heterocycles. The molecule has 2 rings (SSSR count). The van der Waals surface area contributed by atoms with Gasteiger partial charge < -0.3 is 9.47 Å². The van der Waals surface area contributed by atoms with Gasteiger partial charge in [-0.25, -0.2) is 4.68 Å². The molecule has 0 N–H and O–H groups in total. The van der Waals surface area contributed by atoms with Gasteiger partial charge in [-0.1, -0.05) is 0 Å². The third-order valence-corrected chi connectivity index (χ3v) is 3.84. The largest absolute Gasteiger partial charge is 0.347 e. The van der Waals surface area contributed by atoms with E-state index in [9.17, 15) is 5.26 Å². The molecule has 22 heavy (non-hydrogen) atoms. The Bertz CT molecular complexity index is 667. The van der Waals surface area contributed by atoms with Crippen molar-refractivity contribution in [2.45, 2.75) is 25.2 Å². The molecule has 2 aromatic heterocycles. The van der Waals surface area contributed by atoms with E-state index in [1.165, 1.54) is 6.20 Å². The number of hydrogen-bond donors (Lipinski definition) is 0. The number of hydrogen-bond acceptors (Lipinski definition) is 6. The number of nitriles is 1. The van der Waals surface area contributed by atoms with Crippen LogP contribution in [0, 0.1) is 11.3 Å². The fourth-order valence-corrected chi connectivity index (χ4v) is 2.62. The van der Waals surface area contributed by atoms with E-state index in [2.05, 4.69) is 16.3 Å². The van der Waals surface area contributed by atoms with Gasteiger partial charge in [0.1, 0.15) is 11.8 Å². The number of aryl methyl sites for hydroxylation is 1. The molecule has 0 saturated carbocycles. The molecular weight excluding hydrogens is 302 g/mol. The summed E-state index contributed by atoms with van der Waals surface area (Å²) in [5.74, 6) is 0.632. The molecule has 0 aliphatic heterocycles. The van der Waals surface area contributed by atoms with E-state index < -0.39 is 6.29 Å². The maximum absolute atomic E-state index is 9.33. The molecular formula is C14H19N5O2S. The Morgan fingerprint density at radius 2 is 2.05 bits per heavy atom. The lowest BCUT2D eigenvalue weighted by Gasteiger charge is -2.18. The van der Waals surface area contributed by atoms with Gasteiger partial charge in [0.25, 0.3) is 0 Å². The number of aromatic nitrogens is 4. The molecule has 0 spiro atoms. The molecule has 0 aliphatic rings. The van der Waals surface area contributed by atoms with Crippen molar-refractivity contribution < 1.29 is 9.47 Å². The third-order valence-electron chi connectivity index (χ3n) is 3.04. The van der Waals surface area contributed by atoms with Crippen molar-refractivity contribution in [3.05, 3.63) is 23.5 Å². The van der Waals surface area contributed by atoms with Gasteiger partial charge in [0.05, 0.1) is 16.8 Å². The monoisotopic (exact) mass is 321 g/mol. The van der Waals surface area contributed by atoms with Gasteiger partial charge in [0.2, 0.25) is 6.29 Å². The first-order valence-corrected chi connectivity index (χ1v) is 8.18. The normalized spacial score (nSPS) is 11.1. The van der Waals surface area contributed by atoms with Gasteiger partial charge in [-0.05, 0) is 20.1 Å². The number of rotatable bonds is 7. The van der Waals surface area contributed by atoms with Crippen LogP contribution in [0.1, 0.15) is 31.4 Å². The van der Waals surface area contributed by atoms with Crippen molar-refractivity contribution in [1.82, 2.24) is 19.6 Å². The summed E-state index contributed by atoms with van der Waals surface area (Å²) >= 11 is 1.59. The Labute approximate surface area is 133 Å². The van der Waals surface area contributed by atoms with Gasteiger partial charge in [0, 0.05) is 26.3 Å². The molecule has 0 aliphatic carbocycles. The van der Waals surface area contributed by atoms with Gasteiger partial charge in [-0.3, -0.25) is 4.68 Å². The van der Waals surface area contributed by atoms with E-state index in [1.807, 2.05) is 33.2 Å². The maximum atomic E-state index is 9.33. The zero-order valence-electron chi connectivity index (χ0n) is 13.1. The standard InChI is InChI=1S/C14H19N5O2S/c1-5-20-14(21-6-2)13-10(8-15)9-16-19(13)11-7-12(22-4)18(3)17-11/h7,9,14H,5-6H2,1-4H3. The second kappa shape index (κ2) is 7.45. The van der Waals surface area contributed by atoms with Crippen molar-refractivity contribution in [3.8, 4) is 11.9 Å². The van der Waals surface area contributed by atoms with E-state index in [1.54, 1.807) is 21.1 Å². The highest BCUT2D eigenvalue weighted by Crippen LogP contribution is 2.26. The van der Waals surface area contributed by atoms with Crippen molar-refractivity contribution in [3.63, 3.8) is 0 Å². The molecule has 0 radical (unpaired) electrons. The topological polar surface area (TPSA) is 77.9 Å². The van der Waals surface area contributed by atoms with Crippen LogP contribution in [0.25, 0.3) is 5.82 Å². The second-order valence-electron chi connectivity index (χ2n) is 4.38. The van der Waals surface area contributed by atoms with E-state index >= 15 is 0 Å². The Hall–Kier alpha value is -1.82. The molecule has 0 unspecified atom stereocenters. The summed E-state index contributed by atoms with van der Waals surface area (Å²) in [5, 5.41) is 19.0. The second-order valence-corrected chi connectivity index (χ2v) is 5.20. The van der Waals surface area contributed by atoms with Gasteiger partial charge in [0.15, 0.2) is 5.82 Å². The summed E-state index contributed by atoms with van der Waals surface area (Å²) in [6.07, 6.45) is 2.84. The predicted molar refractivity (Wildman–Crippen MR) is 82.8 cm³/mol. The SMILES string of the molecule is CCOC(OCC)c1c(C#N)cnn1-c1cc(SC)n(C)n1. The predicted octanol–water partition coefficient (Wildman–Crippen LogP) is 2.27. The molecule has 0 fully saturated rings. The summed E-state index contributed by atoms with van der Waals surface area (Å²) in [4.78, 5) is 0. The van der Waals surface area contributed by atoms with Crippen LogP contribution in [-0.4, -0.2) is 39.0 Å². The fraction of sp³-hybridized carbons (Fsp3) is 0.500. The minimum atomic E-state index is -0.646. The van der Waals surface area contributed by atoms with Crippen LogP contribution in [0.15, 0.2) is 17.3 Å². The van der Waals surface area contributed by atoms with Gasteiger partial charge in [-0.15, -0.1) is 11.8 Å². The quantitative estimate of drug-likeness (QED) is 0.575. The third kappa shape index (κ3) is 3.16. The number of thioether (sulfide) groups is 1. The highest BCUT2D eigenvalue weighted by atomic mass is 32.2. The van der Waals surface area contributed by atoms with E-state index in [0.717, 1.165) is 5.03 Å². The summed E-state index contributed by atoms with van der Waals surface area (Å²) in [6.45, 7) is 4.70. The van der Waals surface area contributed by atoms with Crippen molar-refractivity contribution in [2.75, 3.05) is 19.5 Å². The lowest BCUT2D eigenvalue weighted by Crippen LogP contribution is -2.15. The zero-order valence-corrected chi connectivity index (χ0v) is 13.9. The van der Waals surface area contributed by atoms with E-state index in [-0.39, 0.29) is 0 Å². The maximum Gasteiger partial charge on any atom is 0.202 e. The lowest BCUT2D eigenvalue weighted by molar-refractivity contribution is -0.143. The zero-order chi connectivity index (χ0) is 16.1. The summed E-state index contributed by atoms with van der Waals surface area (Å²) < 4.78 is 14.6. The molecule has 118 valence electrons. The molecule has 0 atom stereocenters. The van der Waals surface area contributed by atoms with Crippen LogP contribution in [0.4, 0.5) is 0 Å².